The predicted molar refractivity (Wildman–Crippen MR) is 76.2 cm³/mol. The summed E-state index contributed by atoms with van der Waals surface area (Å²) >= 11 is 0. The number of carbonyl (C=O) groups excluding carboxylic acids is 1. The number of hydrogen-bond donors (Lipinski definition) is 3. The van der Waals surface area contributed by atoms with Crippen LogP contribution in [0.2, 0.25) is 0 Å². The third kappa shape index (κ3) is 4.85. The molecule has 1 fully saturated rings. The van der Waals surface area contributed by atoms with Crippen molar-refractivity contribution in [2.75, 3.05) is 0 Å². The average molecular weight is 280 g/mol. The Morgan fingerprint density at radius 3 is 2.85 bits per heavy atom. The van der Waals surface area contributed by atoms with Crippen molar-refractivity contribution >= 4 is 6.09 Å². The van der Waals surface area contributed by atoms with Crippen molar-refractivity contribution in [3.63, 3.8) is 0 Å². The molecule has 20 heavy (non-hydrogen) atoms. The number of amides is 1. The van der Waals surface area contributed by atoms with Gasteiger partial charge in [0.2, 0.25) is 0 Å². The van der Waals surface area contributed by atoms with Crippen LogP contribution in [0.1, 0.15) is 45.6 Å². The van der Waals surface area contributed by atoms with Crippen LogP contribution in [0.4, 0.5) is 4.79 Å². The highest BCUT2D eigenvalue weighted by molar-refractivity contribution is 5.68. The molecule has 0 spiro atoms. The lowest BCUT2D eigenvalue weighted by Gasteiger charge is -2.21. The summed E-state index contributed by atoms with van der Waals surface area (Å²) in [5.41, 5.74) is 0.704. The van der Waals surface area contributed by atoms with Crippen molar-refractivity contribution in [1.29, 1.82) is 0 Å². The van der Waals surface area contributed by atoms with Crippen molar-refractivity contribution in [2.45, 2.75) is 64.3 Å². The third-order valence-corrected chi connectivity index (χ3v) is 3.30. The minimum absolute atomic E-state index is 0.201. The predicted octanol–water partition coefficient (Wildman–Crippen LogP) is 1.95. The van der Waals surface area contributed by atoms with Crippen LogP contribution in [0.25, 0.3) is 0 Å². The van der Waals surface area contributed by atoms with Crippen LogP contribution in [0, 0.1) is 0 Å². The van der Waals surface area contributed by atoms with Crippen LogP contribution in [-0.4, -0.2) is 34.0 Å². The van der Waals surface area contributed by atoms with E-state index < -0.39 is 5.60 Å². The molecule has 0 aromatic carbocycles. The summed E-state index contributed by atoms with van der Waals surface area (Å²) in [7, 11) is 0. The quantitative estimate of drug-likeness (QED) is 0.787. The minimum atomic E-state index is -0.443. The summed E-state index contributed by atoms with van der Waals surface area (Å²) in [6.45, 7) is 6.42. The molecule has 1 aromatic rings. The maximum absolute atomic E-state index is 11.7. The maximum Gasteiger partial charge on any atom is 0.407 e. The largest absolute Gasteiger partial charge is 0.444 e. The van der Waals surface area contributed by atoms with Gasteiger partial charge in [-0.1, -0.05) is 0 Å². The molecule has 2 unspecified atom stereocenters. The van der Waals surface area contributed by atoms with Gasteiger partial charge in [-0.15, -0.1) is 0 Å². The molecule has 2 atom stereocenters. The number of rotatable bonds is 4. The summed E-state index contributed by atoms with van der Waals surface area (Å²) in [6, 6.07) is 0.636. The van der Waals surface area contributed by atoms with E-state index in [1.165, 1.54) is 0 Å². The summed E-state index contributed by atoms with van der Waals surface area (Å²) in [4.78, 5) is 11.7. The standard InChI is InChI=1S/C14H24N4O2/c1-14(2,3)20-13(19)18-12-5-4-11(6-12)15-7-10-8-16-17-9-10/h8-9,11-12,15H,4-7H2,1-3H3,(H,16,17)(H,18,19). The van der Waals surface area contributed by atoms with Gasteiger partial charge in [0.15, 0.2) is 0 Å². The Hall–Kier alpha value is -1.56. The molecule has 0 saturated heterocycles. The van der Waals surface area contributed by atoms with Crippen LogP contribution in [0.15, 0.2) is 12.4 Å². The average Bonchev–Trinajstić information content (AvgIpc) is 2.94. The molecule has 6 heteroatoms. The molecule has 1 aliphatic rings. The number of carbonyl (C=O) groups is 1. The first-order chi connectivity index (χ1) is 9.42. The molecule has 1 saturated carbocycles. The first-order valence-corrected chi connectivity index (χ1v) is 7.13. The highest BCUT2D eigenvalue weighted by atomic mass is 16.6. The molecule has 1 aliphatic carbocycles. The van der Waals surface area contributed by atoms with Crippen LogP contribution < -0.4 is 10.6 Å². The number of H-pyrrole nitrogens is 1. The van der Waals surface area contributed by atoms with Gasteiger partial charge in [-0.2, -0.15) is 5.10 Å². The number of ether oxygens (including phenoxy) is 1. The van der Waals surface area contributed by atoms with Gasteiger partial charge in [0.25, 0.3) is 0 Å². The Balaban J connectivity index is 1.68. The van der Waals surface area contributed by atoms with E-state index in [1.807, 2.05) is 33.2 Å². The van der Waals surface area contributed by atoms with Gasteiger partial charge in [-0.3, -0.25) is 5.10 Å². The van der Waals surface area contributed by atoms with Crippen LogP contribution in [-0.2, 0) is 11.3 Å². The molecule has 0 bridgehead atoms. The topological polar surface area (TPSA) is 79.0 Å². The van der Waals surface area contributed by atoms with Gasteiger partial charge in [0.1, 0.15) is 5.60 Å². The summed E-state index contributed by atoms with van der Waals surface area (Å²) in [5, 5.41) is 13.1. The van der Waals surface area contributed by atoms with Gasteiger partial charge >= 0.3 is 6.09 Å². The normalized spacial score (nSPS) is 22.8. The highest BCUT2D eigenvalue weighted by Gasteiger charge is 2.27. The SMILES string of the molecule is CC(C)(C)OC(=O)NC1CCC(NCc2cn[nH]c2)C1. The zero-order chi connectivity index (χ0) is 14.6. The zero-order valence-electron chi connectivity index (χ0n) is 12.4. The second-order valence-corrected chi connectivity index (χ2v) is 6.34. The van der Waals surface area contributed by atoms with Gasteiger partial charge in [-0.25, -0.2) is 4.79 Å². The van der Waals surface area contributed by atoms with E-state index in [-0.39, 0.29) is 12.1 Å². The van der Waals surface area contributed by atoms with E-state index >= 15 is 0 Å². The van der Waals surface area contributed by atoms with E-state index in [1.54, 1.807) is 0 Å². The van der Waals surface area contributed by atoms with Crippen LogP contribution >= 0.6 is 0 Å². The smallest absolute Gasteiger partial charge is 0.407 e. The lowest BCUT2D eigenvalue weighted by molar-refractivity contribution is 0.0505. The minimum Gasteiger partial charge on any atom is -0.444 e. The summed E-state index contributed by atoms with van der Waals surface area (Å²) in [5.74, 6) is 0. The van der Waals surface area contributed by atoms with E-state index in [0.717, 1.165) is 31.4 Å². The molecule has 6 nitrogen and oxygen atoms in total. The first-order valence-electron chi connectivity index (χ1n) is 7.13. The zero-order valence-corrected chi connectivity index (χ0v) is 12.4. The highest BCUT2D eigenvalue weighted by Crippen LogP contribution is 2.20. The van der Waals surface area contributed by atoms with Gasteiger partial charge in [-0.05, 0) is 40.0 Å². The molecule has 0 radical (unpaired) electrons. The number of nitrogens with zero attached hydrogens (tertiary/aromatic N) is 1. The van der Waals surface area contributed by atoms with Gasteiger partial charge in [0.05, 0.1) is 6.20 Å². The molecule has 0 aliphatic heterocycles. The second-order valence-electron chi connectivity index (χ2n) is 6.34. The number of aromatic nitrogens is 2. The molecular weight excluding hydrogens is 256 g/mol. The van der Waals surface area contributed by atoms with Crippen molar-refractivity contribution < 1.29 is 9.53 Å². The summed E-state index contributed by atoms with van der Waals surface area (Å²) in [6.07, 6.45) is 6.38. The molecule has 1 aromatic heterocycles. The maximum atomic E-state index is 11.7. The van der Waals surface area contributed by atoms with Gasteiger partial charge in [0, 0.05) is 30.4 Å². The Morgan fingerprint density at radius 1 is 1.45 bits per heavy atom. The Kier molecular flexibility index (Phi) is 4.65. The van der Waals surface area contributed by atoms with E-state index in [2.05, 4.69) is 20.8 Å². The molecule has 1 amide bonds. The van der Waals surface area contributed by atoms with Crippen molar-refractivity contribution in [2.24, 2.45) is 0 Å². The number of aromatic amines is 1. The molecule has 3 N–H and O–H groups in total. The van der Waals surface area contributed by atoms with Gasteiger partial charge < -0.3 is 15.4 Å². The Bertz CT molecular complexity index is 425. The fraction of sp³-hybridized carbons (Fsp3) is 0.714. The second kappa shape index (κ2) is 6.26. The fourth-order valence-electron chi connectivity index (χ4n) is 2.41. The number of hydrogen-bond acceptors (Lipinski definition) is 4. The third-order valence-electron chi connectivity index (χ3n) is 3.30. The molecular formula is C14H24N4O2. The van der Waals surface area contributed by atoms with Crippen molar-refractivity contribution in [3.8, 4) is 0 Å². The summed E-state index contributed by atoms with van der Waals surface area (Å²) < 4.78 is 5.27. The monoisotopic (exact) mass is 280 g/mol. The van der Waals surface area contributed by atoms with E-state index in [0.29, 0.717) is 6.04 Å². The molecule has 1 heterocycles. The van der Waals surface area contributed by atoms with Crippen LogP contribution in [0.3, 0.4) is 0 Å². The van der Waals surface area contributed by atoms with Crippen molar-refractivity contribution in [3.05, 3.63) is 18.0 Å². The van der Waals surface area contributed by atoms with Crippen molar-refractivity contribution in [1.82, 2.24) is 20.8 Å². The van der Waals surface area contributed by atoms with E-state index in [4.69, 9.17) is 4.74 Å². The van der Waals surface area contributed by atoms with E-state index in [9.17, 15) is 4.79 Å². The lowest BCUT2D eigenvalue weighted by atomic mass is 10.2. The Labute approximate surface area is 119 Å². The first kappa shape index (κ1) is 14.8. The lowest BCUT2D eigenvalue weighted by Crippen LogP contribution is -2.38. The molecule has 2 rings (SSSR count). The van der Waals surface area contributed by atoms with Crippen LogP contribution in [0.5, 0.6) is 0 Å². The number of nitrogens with one attached hydrogen (secondary N) is 3. The fourth-order valence-corrected chi connectivity index (χ4v) is 2.41. The Morgan fingerprint density at radius 2 is 2.20 bits per heavy atom. The number of alkyl carbamates (subject to hydrolysis) is 1. The molecule has 112 valence electrons.